The number of rotatable bonds is 3. The number of anilines is 1. The van der Waals surface area contributed by atoms with Crippen LogP contribution in [-0.4, -0.2) is 23.2 Å². The van der Waals surface area contributed by atoms with E-state index in [2.05, 4.69) is 15.5 Å². The number of amides is 1. The number of ether oxygens (including phenoxy) is 1. The number of H-pyrrole nitrogens is 1. The normalized spacial score (nSPS) is 10.3. The molecule has 0 atom stereocenters. The topological polar surface area (TPSA) is 67.0 Å². The van der Waals surface area contributed by atoms with E-state index in [1.807, 2.05) is 0 Å². The Kier molecular flexibility index (Phi) is 3.50. The fourth-order valence-corrected chi connectivity index (χ4v) is 1.82. The van der Waals surface area contributed by atoms with Crippen molar-refractivity contribution in [3.8, 4) is 5.75 Å². The molecule has 0 spiro atoms. The number of carbonyl (C=O) groups is 1. The van der Waals surface area contributed by atoms with E-state index in [4.69, 9.17) is 4.74 Å². The third-order valence-electron chi connectivity index (χ3n) is 2.76. The highest BCUT2D eigenvalue weighted by atomic mass is 19.1. The number of halogens is 1. The summed E-state index contributed by atoms with van der Waals surface area (Å²) < 4.78 is 18.1. The molecule has 100 valence electrons. The van der Waals surface area contributed by atoms with Gasteiger partial charge in [-0.25, -0.2) is 4.39 Å². The van der Waals surface area contributed by atoms with Crippen molar-refractivity contribution < 1.29 is 13.9 Å². The summed E-state index contributed by atoms with van der Waals surface area (Å²) in [6, 6.07) is 4.14. The third kappa shape index (κ3) is 2.57. The Morgan fingerprint density at radius 1 is 1.42 bits per heavy atom. The minimum Gasteiger partial charge on any atom is -0.494 e. The van der Waals surface area contributed by atoms with Crippen LogP contribution in [0.5, 0.6) is 5.75 Å². The molecule has 0 saturated heterocycles. The maximum absolute atomic E-state index is 13.3. The van der Waals surface area contributed by atoms with Gasteiger partial charge in [0.15, 0.2) is 11.6 Å². The summed E-state index contributed by atoms with van der Waals surface area (Å²) in [5, 5.41) is 9.38. The average molecular weight is 263 g/mol. The molecule has 2 aromatic rings. The van der Waals surface area contributed by atoms with Crippen LogP contribution in [0, 0.1) is 19.7 Å². The van der Waals surface area contributed by atoms with Gasteiger partial charge in [0.25, 0.3) is 5.91 Å². The molecule has 0 unspecified atom stereocenters. The molecule has 1 aromatic carbocycles. The molecule has 0 radical (unpaired) electrons. The van der Waals surface area contributed by atoms with Crippen molar-refractivity contribution in [2.45, 2.75) is 13.8 Å². The molecule has 0 aliphatic rings. The number of methoxy groups -OCH3 is 1. The van der Waals surface area contributed by atoms with Gasteiger partial charge in [0.05, 0.1) is 18.4 Å². The second-order valence-corrected chi connectivity index (χ2v) is 4.11. The van der Waals surface area contributed by atoms with Crippen molar-refractivity contribution in [3.63, 3.8) is 0 Å². The predicted octanol–water partition coefficient (Wildman–Crippen LogP) is 2.43. The first kappa shape index (κ1) is 13.1. The fraction of sp³-hybridized carbons (Fsp3) is 0.231. The molecule has 0 aliphatic heterocycles. The number of nitrogens with zero attached hydrogens (tertiary/aromatic N) is 1. The number of aromatic amines is 1. The number of hydrogen-bond donors (Lipinski definition) is 2. The summed E-state index contributed by atoms with van der Waals surface area (Å²) in [6.07, 6.45) is 0. The first-order chi connectivity index (χ1) is 9.02. The van der Waals surface area contributed by atoms with Crippen LogP contribution in [0.2, 0.25) is 0 Å². The number of aromatic nitrogens is 2. The van der Waals surface area contributed by atoms with Gasteiger partial charge >= 0.3 is 0 Å². The van der Waals surface area contributed by atoms with Gasteiger partial charge in [-0.2, -0.15) is 5.10 Å². The van der Waals surface area contributed by atoms with Gasteiger partial charge in [0.2, 0.25) is 0 Å². The van der Waals surface area contributed by atoms with Gasteiger partial charge in [-0.1, -0.05) is 0 Å². The zero-order valence-corrected chi connectivity index (χ0v) is 10.9. The van der Waals surface area contributed by atoms with Crippen LogP contribution < -0.4 is 10.1 Å². The molecule has 6 heteroatoms. The second kappa shape index (κ2) is 5.09. The van der Waals surface area contributed by atoms with E-state index in [9.17, 15) is 9.18 Å². The van der Waals surface area contributed by atoms with E-state index in [0.29, 0.717) is 22.6 Å². The first-order valence-electron chi connectivity index (χ1n) is 5.69. The van der Waals surface area contributed by atoms with Crippen LogP contribution in [0.3, 0.4) is 0 Å². The first-order valence-corrected chi connectivity index (χ1v) is 5.69. The van der Waals surface area contributed by atoms with Crippen LogP contribution in [0.25, 0.3) is 0 Å². The number of hydrogen-bond acceptors (Lipinski definition) is 3. The lowest BCUT2D eigenvalue weighted by Crippen LogP contribution is -2.13. The molecule has 1 amide bonds. The quantitative estimate of drug-likeness (QED) is 0.893. The Balaban J connectivity index is 2.24. The van der Waals surface area contributed by atoms with Gasteiger partial charge in [-0.15, -0.1) is 0 Å². The molecule has 0 fully saturated rings. The SMILES string of the molecule is COc1cc(NC(=O)c2c(C)n[nH]c2C)ccc1F. The van der Waals surface area contributed by atoms with E-state index in [1.165, 1.54) is 25.3 Å². The third-order valence-corrected chi connectivity index (χ3v) is 2.76. The highest BCUT2D eigenvalue weighted by Gasteiger charge is 2.15. The molecule has 19 heavy (non-hydrogen) atoms. The molecule has 5 nitrogen and oxygen atoms in total. The minimum atomic E-state index is -0.476. The van der Waals surface area contributed by atoms with Crippen molar-refractivity contribution in [3.05, 3.63) is 41.0 Å². The maximum atomic E-state index is 13.3. The zero-order valence-electron chi connectivity index (χ0n) is 10.9. The van der Waals surface area contributed by atoms with Gasteiger partial charge in [-0.3, -0.25) is 9.89 Å². The largest absolute Gasteiger partial charge is 0.494 e. The van der Waals surface area contributed by atoms with Crippen LogP contribution in [-0.2, 0) is 0 Å². The number of aryl methyl sites for hydroxylation is 2. The lowest BCUT2D eigenvalue weighted by molar-refractivity contribution is 0.102. The lowest BCUT2D eigenvalue weighted by atomic mass is 10.2. The van der Waals surface area contributed by atoms with E-state index in [-0.39, 0.29) is 11.7 Å². The highest BCUT2D eigenvalue weighted by molar-refractivity contribution is 6.05. The Morgan fingerprint density at radius 2 is 2.16 bits per heavy atom. The van der Waals surface area contributed by atoms with E-state index >= 15 is 0 Å². The van der Waals surface area contributed by atoms with Gasteiger partial charge in [0.1, 0.15) is 0 Å². The van der Waals surface area contributed by atoms with Crippen molar-refractivity contribution in [2.75, 3.05) is 12.4 Å². The number of benzene rings is 1. The molecular weight excluding hydrogens is 249 g/mol. The van der Waals surface area contributed by atoms with E-state index in [0.717, 1.165) is 0 Å². The standard InChI is InChI=1S/C13H14FN3O2/c1-7-12(8(2)17-16-7)13(18)15-9-4-5-10(14)11(6-9)19-3/h4-6H,1-3H3,(H,15,18)(H,16,17). The summed E-state index contributed by atoms with van der Waals surface area (Å²) in [6.45, 7) is 3.50. The highest BCUT2D eigenvalue weighted by Crippen LogP contribution is 2.22. The average Bonchev–Trinajstić information content (AvgIpc) is 2.71. The molecule has 2 rings (SSSR count). The number of carbonyl (C=O) groups excluding carboxylic acids is 1. The minimum absolute atomic E-state index is 0.0819. The van der Waals surface area contributed by atoms with Crippen LogP contribution in [0.4, 0.5) is 10.1 Å². The van der Waals surface area contributed by atoms with Crippen molar-refractivity contribution in [1.82, 2.24) is 10.2 Å². The lowest BCUT2D eigenvalue weighted by Gasteiger charge is -2.08. The Hall–Kier alpha value is -2.37. The molecule has 0 bridgehead atoms. The summed E-state index contributed by atoms with van der Waals surface area (Å²) in [5.74, 6) is -0.688. The second-order valence-electron chi connectivity index (χ2n) is 4.11. The molecule has 0 aliphatic carbocycles. The van der Waals surface area contributed by atoms with Crippen molar-refractivity contribution in [1.29, 1.82) is 0 Å². The van der Waals surface area contributed by atoms with Gasteiger partial charge < -0.3 is 10.1 Å². The van der Waals surface area contributed by atoms with E-state index < -0.39 is 5.82 Å². The zero-order chi connectivity index (χ0) is 14.0. The monoisotopic (exact) mass is 263 g/mol. The predicted molar refractivity (Wildman–Crippen MR) is 69.0 cm³/mol. The molecule has 2 N–H and O–H groups in total. The number of nitrogens with one attached hydrogen (secondary N) is 2. The summed E-state index contributed by atoms with van der Waals surface area (Å²) in [5.41, 5.74) is 2.25. The Bertz CT molecular complexity index is 603. The fourth-order valence-electron chi connectivity index (χ4n) is 1.82. The van der Waals surface area contributed by atoms with Gasteiger partial charge in [-0.05, 0) is 26.0 Å². The molecular formula is C13H14FN3O2. The molecule has 1 aromatic heterocycles. The summed E-state index contributed by atoms with van der Waals surface area (Å²) >= 11 is 0. The van der Waals surface area contributed by atoms with Crippen LogP contribution in [0.1, 0.15) is 21.7 Å². The van der Waals surface area contributed by atoms with E-state index in [1.54, 1.807) is 13.8 Å². The van der Waals surface area contributed by atoms with Crippen molar-refractivity contribution in [2.24, 2.45) is 0 Å². The Morgan fingerprint density at radius 3 is 2.74 bits per heavy atom. The Labute approximate surface area is 109 Å². The maximum Gasteiger partial charge on any atom is 0.259 e. The van der Waals surface area contributed by atoms with Gasteiger partial charge in [0, 0.05) is 17.4 Å². The smallest absolute Gasteiger partial charge is 0.259 e. The van der Waals surface area contributed by atoms with Crippen LogP contribution >= 0.6 is 0 Å². The molecule has 0 saturated carbocycles. The summed E-state index contributed by atoms with van der Waals surface area (Å²) in [7, 11) is 1.37. The molecule has 1 heterocycles. The summed E-state index contributed by atoms with van der Waals surface area (Å²) in [4.78, 5) is 12.1. The van der Waals surface area contributed by atoms with Crippen molar-refractivity contribution >= 4 is 11.6 Å². The van der Waals surface area contributed by atoms with Crippen LogP contribution in [0.15, 0.2) is 18.2 Å².